The first-order valence-corrected chi connectivity index (χ1v) is 6.30. The monoisotopic (exact) mass is 292 g/mol. The highest BCUT2D eigenvalue weighted by molar-refractivity contribution is 6.10. The molecule has 0 saturated carbocycles. The van der Waals surface area contributed by atoms with Crippen LogP contribution in [0.2, 0.25) is 0 Å². The van der Waals surface area contributed by atoms with Gasteiger partial charge in [0.2, 0.25) is 0 Å². The number of carbonyl (C=O) groups is 2. The van der Waals surface area contributed by atoms with Crippen LogP contribution in [0.4, 0.5) is 0 Å². The lowest BCUT2D eigenvalue weighted by atomic mass is 10.1. The molecular formula is C15H20N2O4. The van der Waals surface area contributed by atoms with Crippen molar-refractivity contribution in [1.29, 1.82) is 0 Å². The van der Waals surface area contributed by atoms with Crippen molar-refractivity contribution in [3.8, 4) is 11.5 Å². The second-order valence-electron chi connectivity index (χ2n) is 4.87. The van der Waals surface area contributed by atoms with Crippen molar-refractivity contribution in [1.82, 2.24) is 9.80 Å². The Bertz CT molecular complexity index is 577. The van der Waals surface area contributed by atoms with Crippen molar-refractivity contribution in [2.75, 3.05) is 35.3 Å². The number of likely N-dealkylation sites (N-methyl/N-ethyl adjacent to an activating group) is 2. The van der Waals surface area contributed by atoms with Crippen LogP contribution in [-0.4, -0.2) is 61.9 Å². The van der Waals surface area contributed by atoms with Crippen molar-refractivity contribution >= 4 is 11.7 Å². The van der Waals surface area contributed by atoms with Gasteiger partial charge in [0.25, 0.3) is 5.91 Å². The molecule has 0 fully saturated rings. The summed E-state index contributed by atoms with van der Waals surface area (Å²) in [7, 11) is 8.03. The minimum Gasteiger partial charge on any atom is -0.507 e. The fraction of sp³-hybridized carbons (Fsp3) is 0.333. The summed E-state index contributed by atoms with van der Waals surface area (Å²) < 4.78 is 4.96. The smallest absolute Gasteiger partial charge is 0.269 e. The number of phenolic OH excluding ortho intramolecular Hbond substituents is 1. The minimum atomic E-state index is -0.450. The van der Waals surface area contributed by atoms with E-state index in [1.54, 1.807) is 39.2 Å². The van der Waals surface area contributed by atoms with E-state index in [9.17, 15) is 14.7 Å². The molecule has 0 spiro atoms. The summed E-state index contributed by atoms with van der Waals surface area (Å²) >= 11 is 0. The Kier molecular flexibility index (Phi) is 5.35. The number of hydrogen-bond acceptors (Lipinski definition) is 5. The maximum atomic E-state index is 12.2. The molecule has 0 radical (unpaired) electrons. The van der Waals surface area contributed by atoms with Crippen molar-refractivity contribution in [3.05, 3.63) is 35.5 Å². The standard InChI is InChI=1S/C15H20N2O4/c1-16(2)12(15(20)17(3)4)9-14(19)11-7-6-10(21-5)8-13(11)18/h6-9,18H,1-5H3/b12-9+. The summed E-state index contributed by atoms with van der Waals surface area (Å²) in [6.07, 6.45) is 1.21. The molecular weight excluding hydrogens is 272 g/mol. The number of nitrogens with zero attached hydrogens (tertiary/aromatic N) is 2. The molecule has 0 heterocycles. The van der Waals surface area contributed by atoms with Crippen LogP contribution >= 0.6 is 0 Å². The van der Waals surface area contributed by atoms with E-state index in [2.05, 4.69) is 0 Å². The molecule has 6 heteroatoms. The van der Waals surface area contributed by atoms with Gasteiger partial charge in [0.15, 0.2) is 5.78 Å². The van der Waals surface area contributed by atoms with E-state index in [0.717, 1.165) is 0 Å². The highest BCUT2D eigenvalue weighted by Gasteiger charge is 2.18. The number of aromatic hydroxyl groups is 1. The highest BCUT2D eigenvalue weighted by Crippen LogP contribution is 2.24. The van der Waals surface area contributed by atoms with Crippen LogP contribution in [0.15, 0.2) is 30.0 Å². The summed E-state index contributed by atoms with van der Waals surface area (Å²) in [5, 5.41) is 9.85. The number of carbonyl (C=O) groups excluding carboxylic acids is 2. The van der Waals surface area contributed by atoms with Crippen LogP contribution in [0.3, 0.4) is 0 Å². The van der Waals surface area contributed by atoms with E-state index in [1.165, 1.54) is 30.2 Å². The summed E-state index contributed by atoms with van der Waals surface area (Å²) in [4.78, 5) is 27.2. The highest BCUT2D eigenvalue weighted by atomic mass is 16.5. The Labute approximate surface area is 124 Å². The van der Waals surface area contributed by atoms with Gasteiger partial charge in [0.05, 0.1) is 12.7 Å². The average molecular weight is 292 g/mol. The molecule has 1 rings (SSSR count). The molecule has 21 heavy (non-hydrogen) atoms. The fourth-order valence-electron chi connectivity index (χ4n) is 1.66. The number of benzene rings is 1. The molecule has 1 aromatic rings. The summed E-state index contributed by atoms with van der Waals surface area (Å²) in [6.45, 7) is 0. The van der Waals surface area contributed by atoms with Gasteiger partial charge in [0, 0.05) is 40.3 Å². The molecule has 0 atom stereocenters. The lowest BCUT2D eigenvalue weighted by Crippen LogP contribution is -2.31. The van der Waals surface area contributed by atoms with Crippen LogP contribution in [0, 0.1) is 0 Å². The van der Waals surface area contributed by atoms with Gasteiger partial charge in [-0.05, 0) is 12.1 Å². The van der Waals surface area contributed by atoms with Gasteiger partial charge in [-0.25, -0.2) is 0 Å². The molecule has 1 amide bonds. The van der Waals surface area contributed by atoms with Crippen molar-refractivity contribution in [2.45, 2.75) is 0 Å². The van der Waals surface area contributed by atoms with E-state index in [0.29, 0.717) is 5.75 Å². The van der Waals surface area contributed by atoms with Crippen LogP contribution in [0.25, 0.3) is 0 Å². The van der Waals surface area contributed by atoms with Crippen molar-refractivity contribution in [2.24, 2.45) is 0 Å². The molecule has 1 aromatic carbocycles. The summed E-state index contributed by atoms with van der Waals surface area (Å²) in [5.41, 5.74) is 0.349. The molecule has 0 aliphatic heterocycles. The maximum Gasteiger partial charge on any atom is 0.269 e. The molecule has 0 aromatic heterocycles. The second kappa shape index (κ2) is 6.78. The lowest BCUT2D eigenvalue weighted by molar-refractivity contribution is -0.126. The first-order valence-electron chi connectivity index (χ1n) is 6.30. The lowest BCUT2D eigenvalue weighted by Gasteiger charge is -2.19. The minimum absolute atomic E-state index is 0.113. The van der Waals surface area contributed by atoms with E-state index >= 15 is 0 Å². The summed E-state index contributed by atoms with van der Waals surface area (Å²) in [5.74, 6) is -0.480. The van der Waals surface area contributed by atoms with Gasteiger partial charge in [-0.1, -0.05) is 0 Å². The van der Waals surface area contributed by atoms with Gasteiger partial charge in [-0.3, -0.25) is 9.59 Å². The Hall–Kier alpha value is -2.50. The van der Waals surface area contributed by atoms with Crippen molar-refractivity contribution < 1.29 is 19.4 Å². The molecule has 0 unspecified atom stereocenters. The molecule has 6 nitrogen and oxygen atoms in total. The average Bonchev–Trinajstić information content (AvgIpc) is 2.42. The topological polar surface area (TPSA) is 70.1 Å². The molecule has 0 aliphatic rings. The van der Waals surface area contributed by atoms with E-state index in [-0.39, 0.29) is 22.9 Å². The zero-order valence-corrected chi connectivity index (χ0v) is 12.9. The first-order chi connectivity index (χ1) is 9.77. The third-order valence-corrected chi connectivity index (χ3v) is 2.85. The quantitative estimate of drug-likeness (QED) is 0.650. The van der Waals surface area contributed by atoms with Gasteiger partial charge in [-0.15, -0.1) is 0 Å². The molecule has 0 aliphatic carbocycles. The van der Waals surface area contributed by atoms with Gasteiger partial charge in [0.1, 0.15) is 17.2 Å². The van der Waals surface area contributed by atoms with Gasteiger partial charge in [-0.2, -0.15) is 0 Å². The number of amides is 1. The van der Waals surface area contributed by atoms with Crippen LogP contribution in [-0.2, 0) is 4.79 Å². The Morgan fingerprint density at radius 2 is 1.76 bits per heavy atom. The zero-order valence-electron chi connectivity index (χ0n) is 12.9. The number of allylic oxidation sites excluding steroid dienone is 1. The number of hydrogen-bond donors (Lipinski definition) is 1. The van der Waals surface area contributed by atoms with Gasteiger partial charge < -0.3 is 19.6 Å². The zero-order chi connectivity index (χ0) is 16.2. The van der Waals surface area contributed by atoms with Crippen LogP contribution in [0.5, 0.6) is 11.5 Å². The third kappa shape index (κ3) is 3.98. The second-order valence-corrected chi connectivity index (χ2v) is 4.87. The largest absolute Gasteiger partial charge is 0.507 e. The number of ether oxygens (including phenoxy) is 1. The number of rotatable bonds is 5. The number of phenols is 1. The van der Waals surface area contributed by atoms with E-state index < -0.39 is 5.78 Å². The van der Waals surface area contributed by atoms with Crippen molar-refractivity contribution in [3.63, 3.8) is 0 Å². The Morgan fingerprint density at radius 3 is 2.19 bits per heavy atom. The van der Waals surface area contributed by atoms with E-state index in [1.807, 2.05) is 0 Å². The molecule has 0 bridgehead atoms. The predicted octanol–water partition coefficient (Wildman–Crippen LogP) is 1.12. The van der Waals surface area contributed by atoms with E-state index in [4.69, 9.17) is 4.74 Å². The molecule has 0 saturated heterocycles. The predicted molar refractivity (Wildman–Crippen MR) is 79.5 cm³/mol. The third-order valence-electron chi connectivity index (χ3n) is 2.85. The fourth-order valence-corrected chi connectivity index (χ4v) is 1.66. The molecule has 114 valence electrons. The van der Waals surface area contributed by atoms with Crippen LogP contribution in [0.1, 0.15) is 10.4 Å². The Balaban J connectivity index is 3.17. The number of methoxy groups -OCH3 is 1. The SMILES string of the molecule is COc1ccc(C(=O)/C=C(\C(=O)N(C)C)N(C)C)c(O)c1. The van der Waals surface area contributed by atoms with Crippen LogP contribution < -0.4 is 4.74 Å². The maximum absolute atomic E-state index is 12.2. The number of ketones is 1. The van der Waals surface area contributed by atoms with Gasteiger partial charge >= 0.3 is 0 Å². The first kappa shape index (κ1) is 16.6. The normalized spacial score (nSPS) is 11.0. The summed E-state index contributed by atoms with van der Waals surface area (Å²) in [6, 6.07) is 4.38. The molecule has 1 N–H and O–H groups in total. The Morgan fingerprint density at radius 1 is 1.14 bits per heavy atom.